The van der Waals surface area contributed by atoms with Crippen LogP contribution in [0.25, 0.3) is 10.8 Å². The third-order valence-corrected chi connectivity index (χ3v) is 5.24. The van der Waals surface area contributed by atoms with Gasteiger partial charge in [0.1, 0.15) is 17.2 Å². The van der Waals surface area contributed by atoms with Gasteiger partial charge in [0.05, 0.1) is 5.75 Å². The van der Waals surface area contributed by atoms with E-state index in [-0.39, 0.29) is 11.5 Å². The normalized spacial score (nSPS) is 11.4. The summed E-state index contributed by atoms with van der Waals surface area (Å²) in [6.07, 6.45) is 2.43. The Kier molecular flexibility index (Phi) is 5.78. The Hall–Kier alpha value is -2.53. The topological polar surface area (TPSA) is 52.6 Å². The molecule has 0 aliphatic rings. The van der Waals surface area contributed by atoms with E-state index in [9.17, 15) is 8.42 Å². The zero-order valence-corrected chi connectivity index (χ0v) is 15.5. The van der Waals surface area contributed by atoms with Gasteiger partial charge >= 0.3 is 10.1 Å². The molecule has 26 heavy (non-hydrogen) atoms. The molecule has 0 unspecified atom stereocenters. The Morgan fingerprint density at radius 2 is 1.58 bits per heavy atom. The molecule has 3 rings (SSSR count). The number of hydrogen-bond donors (Lipinski definition) is 0. The molecule has 3 aromatic rings. The maximum atomic E-state index is 12.1. The Morgan fingerprint density at radius 3 is 2.42 bits per heavy atom. The van der Waals surface area contributed by atoms with Crippen molar-refractivity contribution in [1.82, 2.24) is 0 Å². The maximum absolute atomic E-state index is 12.1. The predicted molar refractivity (Wildman–Crippen MR) is 104 cm³/mol. The lowest BCUT2D eigenvalue weighted by Crippen LogP contribution is -2.13. The van der Waals surface area contributed by atoms with Gasteiger partial charge in [-0.15, -0.1) is 0 Å². The van der Waals surface area contributed by atoms with Gasteiger partial charge in [0, 0.05) is 11.5 Å². The fourth-order valence-corrected chi connectivity index (χ4v) is 3.76. The highest BCUT2D eigenvalue weighted by molar-refractivity contribution is 7.87. The highest BCUT2D eigenvalue weighted by Crippen LogP contribution is 2.31. The van der Waals surface area contributed by atoms with Crippen molar-refractivity contribution in [2.45, 2.75) is 26.2 Å². The molecule has 0 aromatic heterocycles. The van der Waals surface area contributed by atoms with Crippen LogP contribution in [0.3, 0.4) is 0 Å². The Labute approximate surface area is 154 Å². The third-order valence-electron chi connectivity index (χ3n) is 4.00. The number of fused-ring (bicyclic) bond motifs is 1. The molecule has 0 heterocycles. The van der Waals surface area contributed by atoms with Gasteiger partial charge < -0.3 is 8.92 Å². The minimum absolute atomic E-state index is 0.0231. The Balaban J connectivity index is 1.77. The van der Waals surface area contributed by atoms with Crippen molar-refractivity contribution >= 4 is 20.9 Å². The lowest BCUT2D eigenvalue weighted by atomic mass is 10.1. The first-order valence-electron chi connectivity index (χ1n) is 8.75. The third kappa shape index (κ3) is 4.76. The first kappa shape index (κ1) is 18.3. The molecular weight excluding hydrogens is 348 g/mol. The summed E-state index contributed by atoms with van der Waals surface area (Å²) in [5.74, 6) is 1.53. The molecule has 0 spiro atoms. The molecule has 136 valence electrons. The van der Waals surface area contributed by atoms with Crippen LogP contribution in [-0.4, -0.2) is 14.2 Å². The van der Waals surface area contributed by atoms with E-state index in [1.807, 2.05) is 49.4 Å². The smallest absolute Gasteiger partial charge is 0.309 e. The zero-order chi connectivity index (χ0) is 18.4. The molecule has 0 amide bonds. The average Bonchev–Trinajstić information content (AvgIpc) is 2.62. The van der Waals surface area contributed by atoms with Gasteiger partial charge in [0.25, 0.3) is 0 Å². The largest absolute Gasteiger partial charge is 0.457 e. The van der Waals surface area contributed by atoms with Crippen LogP contribution in [0.4, 0.5) is 0 Å². The lowest BCUT2D eigenvalue weighted by Gasteiger charge is -2.11. The quantitative estimate of drug-likeness (QED) is 0.386. The van der Waals surface area contributed by atoms with Crippen molar-refractivity contribution in [3.8, 4) is 17.2 Å². The number of rotatable bonds is 8. The molecule has 0 radical (unpaired) electrons. The van der Waals surface area contributed by atoms with Crippen LogP contribution >= 0.6 is 0 Å². The van der Waals surface area contributed by atoms with Crippen LogP contribution in [-0.2, 0) is 10.1 Å². The number of hydrogen-bond acceptors (Lipinski definition) is 4. The molecule has 0 bridgehead atoms. The molecule has 5 heteroatoms. The van der Waals surface area contributed by atoms with E-state index in [1.54, 1.807) is 24.3 Å². The van der Waals surface area contributed by atoms with E-state index >= 15 is 0 Å². The highest BCUT2D eigenvalue weighted by atomic mass is 32.2. The van der Waals surface area contributed by atoms with E-state index in [4.69, 9.17) is 8.92 Å². The fourth-order valence-electron chi connectivity index (χ4n) is 2.72. The van der Waals surface area contributed by atoms with Crippen molar-refractivity contribution in [1.29, 1.82) is 0 Å². The lowest BCUT2D eigenvalue weighted by molar-refractivity contribution is 0.470. The van der Waals surface area contributed by atoms with E-state index in [0.717, 1.165) is 23.6 Å². The molecule has 0 aliphatic heterocycles. The summed E-state index contributed by atoms with van der Waals surface area (Å²) in [6.45, 7) is 2.03. The second kappa shape index (κ2) is 8.23. The summed E-state index contributed by atoms with van der Waals surface area (Å²) in [5, 5.41) is 2.07. The van der Waals surface area contributed by atoms with Crippen molar-refractivity contribution in [3.05, 3.63) is 66.7 Å². The van der Waals surface area contributed by atoms with Gasteiger partial charge in [0.15, 0.2) is 0 Å². The molecule has 0 N–H and O–H groups in total. The summed E-state index contributed by atoms with van der Waals surface area (Å²) in [6, 6.07) is 20.5. The number of ether oxygens (including phenoxy) is 1. The van der Waals surface area contributed by atoms with Gasteiger partial charge in [0.2, 0.25) is 0 Å². The minimum Gasteiger partial charge on any atom is -0.457 e. The van der Waals surface area contributed by atoms with E-state index < -0.39 is 10.1 Å². The molecule has 3 aromatic carbocycles. The van der Waals surface area contributed by atoms with Crippen LogP contribution < -0.4 is 8.92 Å². The van der Waals surface area contributed by atoms with Crippen LogP contribution in [0.1, 0.15) is 26.2 Å². The van der Waals surface area contributed by atoms with E-state index in [1.165, 1.54) is 0 Å². The summed E-state index contributed by atoms with van der Waals surface area (Å²) in [4.78, 5) is 0. The van der Waals surface area contributed by atoms with Crippen LogP contribution in [0.5, 0.6) is 17.2 Å². The van der Waals surface area contributed by atoms with Crippen LogP contribution in [0.15, 0.2) is 66.7 Å². The highest BCUT2D eigenvalue weighted by Gasteiger charge is 2.13. The van der Waals surface area contributed by atoms with Crippen LogP contribution in [0.2, 0.25) is 0 Å². The maximum Gasteiger partial charge on any atom is 0.309 e. The van der Waals surface area contributed by atoms with Gasteiger partial charge in [-0.3, -0.25) is 0 Å². The number of unbranched alkanes of at least 4 members (excludes halogenated alkanes) is 2. The number of benzene rings is 3. The molecule has 0 fully saturated rings. The monoisotopic (exact) mass is 370 g/mol. The van der Waals surface area contributed by atoms with Crippen molar-refractivity contribution in [2.24, 2.45) is 0 Å². The van der Waals surface area contributed by atoms with Gasteiger partial charge in [-0.25, -0.2) is 0 Å². The second-order valence-corrected chi connectivity index (χ2v) is 7.80. The first-order chi connectivity index (χ1) is 12.6. The van der Waals surface area contributed by atoms with E-state index in [2.05, 4.69) is 0 Å². The van der Waals surface area contributed by atoms with Crippen molar-refractivity contribution in [2.75, 3.05) is 5.75 Å². The average molecular weight is 370 g/mol. The fraction of sp³-hybridized carbons (Fsp3) is 0.238. The molecule has 0 aliphatic carbocycles. The Bertz CT molecular complexity index is 975. The summed E-state index contributed by atoms with van der Waals surface area (Å²) in [5.41, 5.74) is 0. The van der Waals surface area contributed by atoms with Crippen molar-refractivity contribution < 1.29 is 17.3 Å². The second-order valence-electron chi connectivity index (χ2n) is 6.11. The minimum atomic E-state index is -3.59. The van der Waals surface area contributed by atoms with Gasteiger partial charge in [-0.05, 0) is 30.0 Å². The van der Waals surface area contributed by atoms with E-state index in [0.29, 0.717) is 17.9 Å². The SMILES string of the molecule is CCCCCS(=O)(=O)Oc1cccc(Oc2cccc3ccccc23)c1. The molecule has 4 nitrogen and oxygen atoms in total. The van der Waals surface area contributed by atoms with Gasteiger partial charge in [-0.2, -0.15) is 8.42 Å². The molecule has 0 atom stereocenters. The molecule has 0 saturated heterocycles. The van der Waals surface area contributed by atoms with Crippen molar-refractivity contribution in [3.63, 3.8) is 0 Å². The van der Waals surface area contributed by atoms with Gasteiger partial charge in [-0.1, -0.05) is 62.2 Å². The Morgan fingerprint density at radius 1 is 0.846 bits per heavy atom. The molecule has 0 saturated carbocycles. The standard InChI is InChI=1S/C21H22O4S/c1-2-3-6-15-26(22,23)25-19-12-8-11-18(16-19)24-21-14-7-10-17-9-4-5-13-20(17)21/h4-5,7-14,16H,2-3,6,15H2,1H3. The predicted octanol–water partition coefficient (Wildman–Crippen LogP) is 5.53. The zero-order valence-electron chi connectivity index (χ0n) is 14.7. The molecular formula is C21H22O4S. The summed E-state index contributed by atoms with van der Waals surface area (Å²) in [7, 11) is -3.59. The van der Waals surface area contributed by atoms with Crippen LogP contribution in [0, 0.1) is 0 Å². The summed E-state index contributed by atoms with van der Waals surface area (Å²) >= 11 is 0. The first-order valence-corrected chi connectivity index (χ1v) is 10.3. The summed E-state index contributed by atoms with van der Waals surface area (Å²) < 4.78 is 35.3.